The number of hydrogen-bond acceptors (Lipinski definition) is 1. The van der Waals surface area contributed by atoms with Gasteiger partial charge in [0.05, 0.1) is 21.9 Å². The van der Waals surface area contributed by atoms with Gasteiger partial charge in [0, 0.05) is 6.54 Å². The molecule has 0 unspecified atom stereocenters. The van der Waals surface area contributed by atoms with Crippen molar-refractivity contribution in [1.29, 1.82) is 0 Å². The molecule has 4 heteroatoms. The topological polar surface area (TPSA) is 17.8 Å². The normalized spacial score (nSPS) is 11.1. The summed E-state index contributed by atoms with van der Waals surface area (Å²) in [5, 5.41) is 0.722. The first-order valence-corrected chi connectivity index (χ1v) is 7.44. The minimum absolute atomic E-state index is 0.389. The van der Waals surface area contributed by atoms with E-state index in [0.717, 1.165) is 34.8 Å². The highest BCUT2D eigenvalue weighted by molar-refractivity contribution is 6.35. The van der Waals surface area contributed by atoms with Crippen LogP contribution in [0.3, 0.4) is 0 Å². The van der Waals surface area contributed by atoms with Gasteiger partial charge in [-0.2, -0.15) is 0 Å². The number of para-hydroxylation sites is 1. The highest BCUT2D eigenvalue weighted by atomic mass is 35.5. The average Bonchev–Trinajstić information content (AvgIpc) is 2.85. The van der Waals surface area contributed by atoms with Crippen molar-refractivity contribution in [3.05, 3.63) is 64.9 Å². The number of imidazole rings is 1. The third-order valence-electron chi connectivity index (χ3n) is 3.38. The summed E-state index contributed by atoms with van der Waals surface area (Å²) in [6, 6.07) is 16.2. The number of aryl methyl sites for hydroxylation is 2. The van der Waals surface area contributed by atoms with Gasteiger partial charge in [0.25, 0.3) is 0 Å². The molecule has 0 fully saturated rings. The highest BCUT2D eigenvalue weighted by Crippen LogP contribution is 2.25. The lowest BCUT2D eigenvalue weighted by Crippen LogP contribution is -2.05. The van der Waals surface area contributed by atoms with Gasteiger partial charge in [-0.25, -0.2) is 4.98 Å². The molecule has 1 aromatic heterocycles. The Hall–Kier alpha value is -1.51. The quantitative estimate of drug-likeness (QED) is 0.640. The maximum atomic E-state index is 6.31. The Morgan fingerprint density at radius 3 is 2.55 bits per heavy atom. The van der Waals surface area contributed by atoms with Crippen LogP contribution in [0.25, 0.3) is 11.0 Å². The summed E-state index contributed by atoms with van der Waals surface area (Å²) >= 11 is 12.3. The number of rotatable bonds is 4. The fourth-order valence-electron chi connectivity index (χ4n) is 2.42. The van der Waals surface area contributed by atoms with Gasteiger partial charge < -0.3 is 4.57 Å². The van der Waals surface area contributed by atoms with Crippen molar-refractivity contribution in [1.82, 2.24) is 9.55 Å². The van der Waals surface area contributed by atoms with Crippen LogP contribution in [0.15, 0.2) is 48.5 Å². The predicted octanol–water partition coefficient (Wildman–Crippen LogP) is 4.67. The van der Waals surface area contributed by atoms with Crippen molar-refractivity contribution >= 4 is 34.2 Å². The van der Waals surface area contributed by atoms with Gasteiger partial charge in [0.15, 0.2) is 0 Å². The number of hydrogen-bond donors (Lipinski definition) is 0. The molecule has 20 heavy (non-hydrogen) atoms. The summed E-state index contributed by atoms with van der Waals surface area (Å²) in [5.74, 6) is 1.26. The van der Waals surface area contributed by atoms with Gasteiger partial charge in [-0.3, -0.25) is 0 Å². The lowest BCUT2D eigenvalue weighted by molar-refractivity contribution is 0.688. The molecule has 0 saturated heterocycles. The second kappa shape index (κ2) is 5.86. The zero-order valence-electron chi connectivity index (χ0n) is 10.9. The van der Waals surface area contributed by atoms with E-state index in [4.69, 9.17) is 23.2 Å². The zero-order chi connectivity index (χ0) is 13.9. The molecule has 0 amide bonds. The molecule has 0 aliphatic rings. The fraction of sp³-hybridized carbons (Fsp3) is 0.188. The van der Waals surface area contributed by atoms with Crippen molar-refractivity contribution in [3.8, 4) is 0 Å². The molecule has 1 heterocycles. The second-order valence-electron chi connectivity index (χ2n) is 4.66. The van der Waals surface area contributed by atoms with Crippen LogP contribution in [0.5, 0.6) is 0 Å². The maximum absolute atomic E-state index is 6.31. The molecule has 2 nitrogen and oxygen atoms in total. The van der Waals surface area contributed by atoms with Gasteiger partial charge in [-0.1, -0.05) is 48.0 Å². The van der Waals surface area contributed by atoms with Gasteiger partial charge in [-0.05, 0) is 24.1 Å². The smallest absolute Gasteiger partial charge is 0.124 e. The van der Waals surface area contributed by atoms with E-state index < -0.39 is 0 Å². The van der Waals surface area contributed by atoms with Gasteiger partial charge in [0.2, 0.25) is 0 Å². The van der Waals surface area contributed by atoms with Gasteiger partial charge in [0.1, 0.15) is 5.82 Å². The van der Waals surface area contributed by atoms with Crippen LogP contribution in [-0.4, -0.2) is 9.55 Å². The first-order chi connectivity index (χ1) is 9.79. The molecule has 0 N–H and O–H groups in total. The van der Waals surface area contributed by atoms with E-state index in [2.05, 4.69) is 33.8 Å². The van der Waals surface area contributed by atoms with E-state index in [9.17, 15) is 0 Å². The summed E-state index contributed by atoms with van der Waals surface area (Å²) in [6.07, 6.45) is 0.932. The van der Waals surface area contributed by atoms with Crippen molar-refractivity contribution in [2.75, 3.05) is 0 Å². The summed E-state index contributed by atoms with van der Waals surface area (Å²) < 4.78 is 2.12. The molecular formula is C16H14Cl2N2. The minimum atomic E-state index is 0.389. The minimum Gasteiger partial charge on any atom is -0.325 e. The Morgan fingerprint density at radius 2 is 1.80 bits per heavy atom. The van der Waals surface area contributed by atoms with Crippen LogP contribution < -0.4 is 0 Å². The van der Waals surface area contributed by atoms with E-state index in [-0.39, 0.29) is 0 Å². The van der Waals surface area contributed by atoms with Gasteiger partial charge >= 0.3 is 0 Å². The lowest BCUT2D eigenvalue weighted by atomic mass is 10.1. The Labute approximate surface area is 128 Å². The van der Waals surface area contributed by atoms with Crippen molar-refractivity contribution < 1.29 is 0 Å². The zero-order valence-corrected chi connectivity index (χ0v) is 12.4. The van der Waals surface area contributed by atoms with Crippen LogP contribution in [-0.2, 0) is 18.8 Å². The fourth-order valence-corrected chi connectivity index (χ4v) is 2.89. The monoisotopic (exact) mass is 304 g/mol. The molecule has 0 aliphatic carbocycles. The third kappa shape index (κ3) is 2.54. The molecular weight excluding hydrogens is 291 g/mol. The standard InChI is InChI=1S/C16H14Cl2N2/c17-11-15-19-14-8-4-7-13(18)16(14)20(15)10-9-12-5-2-1-3-6-12/h1-8H,9-11H2. The molecule has 0 radical (unpaired) electrons. The summed E-state index contributed by atoms with van der Waals surface area (Å²) in [5.41, 5.74) is 3.17. The second-order valence-corrected chi connectivity index (χ2v) is 5.33. The lowest BCUT2D eigenvalue weighted by Gasteiger charge is -2.08. The van der Waals surface area contributed by atoms with E-state index in [1.54, 1.807) is 0 Å². The maximum Gasteiger partial charge on any atom is 0.124 e. The van der Waals surface area contributed by atoms with Crippen LogP contribution >= 0.6 is 23.2 Å². The number of fused-ring (bicyclic) bond motifs is 1. The average molecular weight is 305 g/mol. The Bertz CT molecular complexity index is 720. The molecule has 0 aliphatic heterocycles. The van der Waals surface area contributed by atoms with Crippen molar-refractivity contribution in [2.45, 2.75) is 18.8 Å². The van der Waals surface area contributed by atoms with Crippen molar-refractivity contribution in [3.63, 3.8) is 0 Å². The molecule has 2 aromatic carbocycles. The Morgan fingerprint density at radius 1 is 1.00 bits per heavy atom. The molecule has 0 atom stereocenters. The number of alkyl halides is 1. The number of benzene rings is 2. The molecule has 0 spiro atoms. The molecule has 3 aromatic rings. The largest absolute Gasteiger partial charge is 0.325 e. The first kappa shape index (κ1) is 13.5. The number of halogens is 2. The van der Waals surface area contributed by atoms with Crippen LogP contribution in [0.1, 0.15) is 11.4 Å². The molecule has 3 rings (SSSR count). The molecule has 0 saturated carbocycles. The highest BCUT2D eigenvalue weighted by Gasteiger charge is 2.12. The van der Waals surface area contributed by atoms with Crippen molar-refractivity contribution in [2.24, 2.45) is 0 Å². The predicted molar refractivity (Wildman–Crippen MR) is 84.4 cm³/mol. The van der Waals surface area contributed by atoms with E-state index in [1.807, 2.05) is 24.3 Å². The summed E-state index contributed by atoms with van der Waals surface area (Å²) in [7, 11) is 0. The van der Waals surface area contributed by atoms with E-state index in [0.29, 0.717) is 5.88 Å². The SMILES string of the molecule is ClCc1nc2cccc(Cl)c2n1CCc1ccccc1. The Kier molecular flexibility index (Phi) is 3.95. The van der Waals surface area contributed by atoms with Crippen LogP contribution in [0, 0.1) is 0 Å². The third-order valence-corrected chi connectivity index (χ3v) is 3.93. The van der Waals surface area contributed by atoms with E-state index in [1.165, 1.54) is 5.56 Å². The first-order valence-electron chi connectivity index (χ1n) is 6.53. The molecule has 102 valence electrons. The number of nitrogens with zero attached hydrogens (tertiary/aromatic N) is 2. The van der Waals surface area contributed by atoms with Gasteiger partial charge in [-0.15, -0.1) is 11.6 Å². The van der Waals surface area contributed by atoms with E-state index >= 15 is 0 Å². The Balaban J connectivity index is 1.97. The van der Waals surface area contributed by atoms with Crippen LogP contribution in [0.2, 0.25) is 5.02 Å². The van der Waals surface area contributed by atoms with Crippen LogP contribution in [0.4, 0.5) is 0 Å². The summed E-state index contributed by atoms with van der Waals surface area (Å²) in [6.45, 7) is 0.826. The molecule has 0 bridgehead atoms. The summed E-state index contributed by atoms with van der Waals surface area (Å²) in [4.78, 5) is 4.55. The number of aromatic nitrogens is 2.